The van der Waals surface area contributed by atoms with Crippen molar-refractivity contribution in [2.75, 3.05) is 14.2 Å². The highest BCUT2D eigenvalue weighted by atomic mass is 16.5. The maximum atomic E-state index is 11.4. The minimum absolute atomic E-state index is 0.0129. The van der Waals surface area contributed by atoms with Gasteiger partial charge < -0.3 is 9.47 Å². The summed E-state index contributed by atoms with van der Waals surface area (Å²) in [6, 6.07) is -0.198. The molecule has 1 aliphatic heterocycles. The minimum Gasteiger partial charge on any atom is -0.469 e. The number of ether oxygens (including phenoxy) is 2. The van der Waals surface area contributed by atoms with Gasteiger partial charge in [0.15, 0.2) is 12.3 Å². The van der Waals surface area contributed by atoms with Crippen molar-refractivity contribution in [3.63, 3.8) is 0 Å². The number of rotatable bonds is 4. The molecular weight excluding hydrogens is 198 g/mol. The van der Waals surface area contributed by atoms with Gasteiger partial charge >= 0.3 is 11.9 Å². The second-order valence-electron chi connectivity index (χ2n) is 3.15. The molecule has 1 N–H and O–H groups in total. The fourth-order valence-corrected chi connectivity index (χ4v) is 1.42. The van der Waals surface area contributed by atoms with E-state index in [1.54, 1.807) is 12.3 Å². The summed E-state index contributed by atoms with van der Waals surface area (Å²) in [6.07, 6.45) is 5.33. The molecular formula is C10H14NO4+. The molecule has 0 bridgehead atoms. The van der Waals surface area contributed by atoms with E-state index in [4.69, 9.17) is 0 Å². The molecule has 0 aromatic heterocycles. The van der Waals surface area contributed by atoms with Crippen molar-refractivity contribution >= 4 is 18.2 Å². The number of hydrogen-bond donors (Lipinski definition) is 1. The van der Waals surface area contributed by atoms with Crippen LogP contribution in [0.5, 0.6) is 0 Å². The second kappa shape index (κ2) is 5.29. The molecule has 1 aliphatic rings. The van der Waals surface area contributed by atoms with Crippen LogP contribution in [0.3, 0.4) is 0 Å². The zero-order valence-electron chi connectivity index (χ0n) is 8.73. The van der Waals surface area contributed by atoms with Gasteiger partial charge in [0, 0.05) is 6.08 Å². The maximum Gasteiger partial charge on any atom is 0.316 e. The normalized spacial score (nSPS) is 20.0. The van der Waals surface area contributed by atoms with Gasteiger partial charge in [-0.1, -0.05) is 0 Å². The molecule has 2 atom stereocenters. The van der Waals surface area contributed by atoms with Gasteiger partial charge in [-0.2, -0.15) is 0 Å². The molecule has 82 valence electrons. The number of esters is 2. The Labute approximate surface area is 87.8 Å². The monoisotopic (exact) mass is 212 g/mol. The lowest BCUT2D eigenvalue weighted by molar-refractivity contribution is -0.487. The van der Waals surface area contributed by atoms with Crippen LogP contribution < -0.4 is 4.99 Å². The van der Waals surface area contributed by atoms with Gasteiger partial charge in [0.2, 0.25) is 0 Å². The van der Waals surface area contributed by atoms with Crippen LogP contribution in [0, 0.1) is 5.92 Å². The summed E-state index contributed by atoms with van der Waals surface area (Å²) in [5.74, 6) is -1.39. The third kappa shape index (κ3) is 2.90. The number of carbonyl (C=O) groups is 2. The van der Waals surface area contributed by atoms with E-state index in [1.165, 1.54) is 14.2 Å². The van der Waals surface area contributed by atoms with Gasteiger partial charge in [-0.15, -0.1) is 0 Å². The molecule has 1 unspecified atom stereocenters. The molecule has 5 heteroatoms. The van der Waals surface area contributed by atoms with Crippen LogP contribution in [0.4, 0.5) is 0 Å². The van der Waals surface area contributed by atoms with Crippen LogP contribution >= 0.6 is 0 Å². The smallest absolute Gasteiger partial charge is 0.316 e. The zero-order valence-corrected chi connectivity index (χ0v) is 8.73. The molecule has 0 fully saturated rings. The van der Waals surface area contributed by atoms with Crippen LogP contribution in [0.2, 0.25) is 0 Å². The molecule has 1 heterocycles. The lowest BCUT2D eigenvalue weighted by Gasteiger charge is -2.12. The number of hydrogen-bond acceptors (Lipinski definition) is 4. The number of allylic oxidation sites excluding steroid dienone is 1. The van der Waals surface area contributed by atoms with Gasteiger partial charge in [-0.3, -0.25) is 9.59 Å². The Bertz CT molecular complexity index is 297. The van der Waals surface area contributed by atoms with Crippen molar-refractivity contribution in [3.05, 3.63) is 12.2 Å². The first kappa shape index (κ1) is 11.4. The summed E-state index contributed by atoms with van der Waals surface area (Å²) >= 11 is 0. The highest BCUT2D eigenvalue weighted by Crippen LogP contribution is 2.11. The average Bonchev–Trinajstić information content (AvgIpc) is 2.77. The van der Waals surface area contributed by atoms with Gasteiger partial charge in [0.1, 0.15) is 5.92 Å². The van der Waals surface area contributed by atoms with Crippen molar-refractivity contribution in [1.29, 1.82) is 0 Å². The molecule has 0 aliphatic carbocycles. The van der Waals surface area contributed by atoms with E-state index >= 15 is 0 Å². The summed E-state index contributed by atoms with van der Waals surface area (Å²) in [7, 11) is 2.59. The highest BCUT2D eigenvalue weighted by molar-refractivity contribution is 5.81. The van der Waals surface area contributed by atoms with Crippen LogP contribution in [-0.2, 0) is 19.1 Å². The van der Waals surface area contributed by atoms with E-state index < -0.39 is 17.9 Å². The molecule has 0 saturated carbocycles. The van der Waals surface area contributed by atoms with E-state index in [2.05, 4.69) is 14.5 Å². The third-order valence-corrected chi connectivity index (χ3v) is 2.26. The van der Waals surface area contributed by atoms with Crippen molar-refractivity contribution in [2.24, 2.45) is 5.92 Å². The summed E-state index contributed by atoms with van der Waals surface area (Å²) in [5.41, 5.74) is 0. The predicted molar refractivity (Wildman–Crippen MR) is 52.1 cm³/mol. The van der Waals surface area contributed by atoms with Crippen LogP contribution in [0.15, 0.2) is 12.2 Å². The first-order valence-electron chi connectivity index (χ1n) is 4.59. The van der Waals surface area contributed by atoms with Crippen LogP contribution in [0.1, 0.15) is 6.42 Å². The Balaban J connectivity index is 2.69. The molecule has 0 saturated heterocycles. The lowest BCUT2D eigenvalue weighted by atomic mass is 9.97. The molecule has 0 spiro atoms. The van der Waals surface area contributed by atoms with Gasteiger partial charge in [0.05, 0.1) is 20.6 Å². The summed E-state index contributed by atoms with van der Waals surface area (Å²) in [4.78, 5) is 25.5. The Morgan fingerprint density at radius 3 is 2.60 bits per heavy atom. The molecule has 5 nitrogen and oxygen atoms in total. The third-order valence-electron chi connectivity index (χ3n) is 2.26. The highest BCUT2D eigenvalue weighted by Gasteiger charge is 2.34. The predicted octanol–water partition coefficient (Wildman–Crippen LogP) is -1.57. The fraction of sp³-hybridized carbons (Fsp3) is 0.500. The van der Waals surface area contributed by atoms with Crippen molar-refractivity contribution in [1.82, 2.24) is 0 Å². The lowest BCUT2D eigenvalue weighted by Crippen LogP contribution is -2.76. The SMILES string of the molecule is COC(=O)CC(C(=O)OC)[C@H]1C=CC=[NH+]1. The first-order valence-corrected chi connectivity index (χ1v) is 4.59. The molecule has 0 aromatic carbocycles. The standard InChI is InChI=1S/C10H13NO4/c1-14-9(12)6-7(10(13)15-2)8-4-3-5-11-8/h3-5,7-8H,6H2,1-2H3/p+1/t7?,8-/m1/s1. The largest absolute Gasteiger partial charge is 0.469 e. The Morgan fingerprint density at radius 2 is 2.13 bits per heavy atom. The quantitative estimate of drug-likeness (QED) is 0.572. The topological polar surface area (TPSA) is 66.6 Å². The molecule has 0 radical (unpaired) electrons. The minimum atomic E-state index is -0.544. The van der Waals surface area contributed by atoms with E-state index in [-0.39, 0.29) is 12.5 Å². The maximum absolute atomic E-state index is 11.4. The van der Waals surface area contributed by atoms with E-state index in [1.807, 2.05) is 6.08 Å². The van der Waals surface area contributed by atoms with E-state index in [0.29, 0.717) is 0 Å². The van der Waals surface area contributed by atoms with Crippen molar-refractivity contribution in [3.8, 4) is 0 Å². The van der Waals surface area contributed by atoms with Crippen molar-refractivity contribution < 1.29 is 24.1 Å². The molecule has 1 rings (SSSR count). The van der Waals surface area contributed by atoms with Crippen molar-refractivity contribution in [2.45, 2.75) is 12.5 Å². The summed E-state index contributed by atoms with van der Waals surface area (Å²) in [6.45, 7) is 0. The molecule has 0 aromatic rings. The first-order chi connectivity index (χ1) is 7.19. The van der Waals surface area contributed by atoms with Gasteiger partial charge in [-0.25, -0.2) is 4.99 Å². The number of nitrogens with one attached hydrogen (secondary N) is 1. The van der Waals surface area contributed by atoms with Crippen LogP contribution in [0.25, 0.3) is 0 Å². The van der Waals surface area contributed by atoms with E-state index in [9.17, 15) is 9.59 Å². The van der Waals surface area contributed by atoms with Crippen LogP contribution in [-0.4, -0.2) is 38.4 Å². The number of methoxy groups -OCH3 is 2. The summed E-state index contributed by atoms with van der Waals surface area (Å²) in [5, 5.41) is 0. The fourth-order valence-electron chi connectivity index (χ4n) is 1.42. The number of carbonyl (C=O) groups excluding carboxylic acids is 2. The molecule has 15 heavy (non-hydrogen) atoms. The zero-order chi connectivity index (χ0) is 11.3. The van der Waals surface area contributed by atoms with Gasteiger partial charge in [-0.05, 0) is 6.08 Å². The average molecular weight is 212 g/mol. The Hall–Kier alpha value is -1.65. The molecule has 0 amide bonds. The second-order valence-corrected chi connectivity index (χ2v) is 3.15. The van der Waals surface area contributed by atoms with E-state index in [0.717, 1.165) is 0 Å². The van der Waals surface area contributed by atoms with Gasteiger partial charge in [0.25, 0.3) is 0 Å². The summed E-state index contributed by atoms with van der Waals surface area (Å²) < 4.78 is 9.16. The Kier molecular flexibility index (Phi) is 4.03. The Morgan fingerprint density at radius 1 is 1.40 bits per heavy atom.